The largest absolute Gasteiger partial charge is 0.461 e. The summed E-state index contributed by atoms with van der Waals surface area (Å²) in [5.74, 6) is 1.10. The van der Waals surface area contributed by atoms with Crippen LogP contribution in [0.15, 0.2) is 28.7 Å². The summed E-state index contributed by atoms with van der Waals surface area (Å²) in [6.45, 7) is 3.58. The third kappa shape index (κ3) is 1.86. The van der Waals surface area contributed by atoms with Crippen LogP contribution in [-0.4, -0.2) is 5.11 Å². The molecular formula is C13H13FO2. The van der Waals surface area contributed by atoms with Crippen molar-refractivity contribution in [3.05, 3.63) is 47.0 Å². The van der Waals surface area contributed by atoms with Crippen molar-refractivity contribution < 1.29 is 13.9 Å². The van der Waals surface area contributed by atoms with Crippen LogP contribution in [0.1, 0.15) is 16.9 Å². The molecule has 1 aromatic heterocycles. The number of furan rings is 1. The molecular weight excluding hydrogens is 207 g/mol. The van der Waals surface area contributed by atoms with Crippen LogP contribution in [0.2, 0.25) is 0 Å². The normalized spacial score (nSPS) is 10.8. The summed E-state index contributed by atoms with van der Waals surface area (Å²) < 4.78 is 18.5. The molecule has 0 aliphatic heterocycles. The molecule has 0 unspecified atom stereocenters. The number of aliphatic hydroxyl groups is 1. The molecule has 0 bridgehead atoms. The van der Waals surface area contributed by atoms with Crippen molar-refractivity contribution in [3.8, 4) is 11.3 Å². The molecule has 0 amide bonds. The zero-order valence-electron chi connectivity index (χ0n) is 9.25. The Bertz CT molecular complexity index is 515. The first-order chi connectivity index (χ1) is 7.61. The van der Waals surface area contributed by atoms with Gasteiger partial charge in [0, 0.05) is 11.1 Å². The summed E-state index contributed by atoms with van der Waals surface area (Å²) in [5, 5.41) is 9.07. The summed E-state index contributed by atoms with van der Waals surface area (Å²) in [6.07, 6.45) is 0. The molecule has 84 valence electrons. The second-order valence-corrected chi connectivity index (χ2v) is 3.81. The summed E-state index contributed by atoms with van der Waals surface area (Å²) in [6, 6.07) is 6.34. The monoisotopic (exact) mass is 220 g/mol. The lowest BCUT2D eigenvalue weighted by Crippen LogP contribution is -1.83. The maximum absolute atomic E-state index is 12.9. The Kier molecular flexibility index (Phi) is 2.79. The van der Waals surface area contributed by atoms with E-state index in [4.69, 9.17) is 9.52 Å². The minimum Gasteiger partial charge on any atom is -0.461 e. The molecule has 0 aliphatic rings. The summed E-state index contributed by atoms with van der Waals surface area (Å²) in [5.41, 5.74) is 2.43. The number of rotatable bonds is 2. The smallest absolute Gasteiger partial charge is 0.134 e. The van der Waals surface area contributed by atoms with Crippen molar-refractivity contribution in [3.63, 3.8) is 0 Å². The lowest BCUT2D eigenvalue weighted by Gasteiger charge is -2.01. The van der Waals surface area contributed by atoms with Crippen molar-refractivity contribution in [1.29, 1.82) is 0 Å². The molecule has 0 radical (unpaired) electrons. The SMILES string of the molecule is Cc1cc(F)ccc1-c1cc(CO)c(C)o1. The van der Waals surface area contributed by atoms with Gasteiger partial charge in [-0.1, -0.05) is 0 Å². The number of halogens is 1. The Balaban J connectivity index is 2.50. The minimum atomic E-state index is -0.257. The molecule has 16 heavy (non-hydrogen) atoms. The van der Waals surface area contributed by atoms with Gasteiger partial charge in [-0.05, 0) is 43.7 Å². The van der Waals surface area contributed by atoms with Gasteiger partial charge < -0.3 is 9.52 Å². The van der Waals surface area contributed by atoms with E-state index in [2.05, 4.69) is 0 Å². The van der Waals surface area contributed by atoms with Gasteiger partial charge in [-0.25, -0.2) is 4.39 Å². The van der Waals surface area contributed by atoms with Gasteiger partial charge in [0.1, 0.15) is 17.3 Å². The highest BCUT2D eigenvalue weighted by Crippen LogP contribution is 2.28. The number of aryl methyl sites for hydroxylation is 2. The van der Waals surface area contributed by atoms with E-state index < -0.39 is 0 Å². The van der Waals surface area contributed by atoms with Crippen LogP contribution in [0.3, 0.4) is 0 Å². The molecule has 0 atom stereocenters. The molecule has 1 N–H and O–H groups in total. The van der Waals surface area contributed by atoms with E-state index in [0.717, 1.165) is 16.7 Å². The molecule has 0 saturated heterocycles. The molecule has 2 rings (SSSR count). The molecule has 1 heterocycles. The third-order valence-electron chi connectivity index (χ3n) is 2.64. The van der Waals surface area contributed by atoms with E-state index in [1.807, 2.05) is 6.92 Å². The quantitative estimate of drug-likeness (QED) is 0.843. The zero-order chi connectivity index (χ0) is 11.7. The molecule has 0 saturated carbocycles. The van der Waals surface area contributed by atoms with Crippen LogP contribution in [0.5, 0.6) is 0 Å². The summed E-state index contributed by atoms with van der Waals surface area (Å²) >= 11 is 0. The fourth-order valence-electron chi connectivity index (χ4n) is 1.71. The van der Waals surface area contributed by atoms with Gasteiger partial charge in [-0.3, -0.25) is 0 Å². The molecule has 2 aromatic rings. The second-order valence-electron chi connectivity index (χ2n) is 3.81. The van der Waals surface area contributed by atoms with Crippen LogP contribution < -0.4 is 0 Å². The topological polar surface area (TPSA) is 33.4 Å². The lowest BCUT2D eigenvalue weighted by atomic mass is 10.1. The van der Waals surface area contributed by atoms with Gasteiger partial charge in [0.25, 0.3) is 0 Å². The van der Waals surface area contributed by atoms with Gasteiger partial charge in [0.2, 0.25) is 0 Å². The van der Waals surface area contributed by atoms with Crippen molar-refractivity contribution in [2.75, 3.05) is 0 Å². The Morgan fingerprint density at radius 2 is 2.00 bits per heavy atom. The van der Waals surface area contributed by atoms with E-state index in [1.165, 1.54) is 12.1 Å². The fourth-order valence-corrected chi connectivity index (χ4v) is 1.71. The zero-order valence-corrected chi connectivity index (χ0v) is 9.25. The lowest BCUT2D eigenvalue weighted by molar-refractivity contribution is 0.279. The minimum absolute atomic E-state index is 0.0461. The molecule has 2 nitrogen and oxygen atoms in total. The first-order valence-electron chi connectivity index (χ1n) is 5.08. The number of hydrogen-bond acceptors (Lipinski definition) is 2. The van der Waals surface area contributed by atoms with Crippen LogP contribution in [0, 0.1) is 19.7 Å². The van der Waals surface area contributed by atoms with Crippen molar-refractivity contribution in [2.45, 2.75) is 20.5 Å². The first kappa shape index (κ1) is 10.9. The highest BCUT2D eigenvalue weighted by Gasteiger charge is 2.10. The first-order valence-corrected chi connectivity index (χ1v) is 5.08. The van der Waals surface area contributed by atoms with Gasteiger partial charge in [-0.2, -0.15) is 0 Å². The highest BCUT2D eigenvalue weighted by molar-refractivity contribution is 5.63. The third-order valence-corrected chi connectivity index (χ3v) is 2.64. The second kappa shape index (κ2) is 4.10. The maximum Gasteiger partial charge on any atom is 0.134 e. The Hall–Kier alpha value is -1.61. The van der Waals surface area contributed by atoms with E-state index >= 15 is 0 Å². The predicted octanol–water partition coefficient (Wildman–Crippen LogP) is 3.19. The van der Waals surface area contributed by atoms with E-state index in [9.17, 15) is 4.39 Å². The molecule has 3 heteroatoms. The number of aliphatic hydroxyl groups excluding tert-OH is 1. The standard InChI is InChI=1S/C13H13FO2/c1-8-5-11(14)3-4-12(8)13-6-10(7-15)9(2)16-13/h3-6,15H,7H2,1-2H3. The van der Waals surface area contributed by atoms with Gasteiger partial charge >= 0.3 is 0 Å². The predicted molar refractivity (Wildman–Crippen MR) is 59.5 cm³/mol. The molecule has 0 spiro atoms. The Labute approximate surface area is 93.3 Å². The van der Waals surface area contributed by atoms with Crippen LogP contribution in [0.25, 0.3) is 11.3 Å². The molecule has 0 fully saturated rings. The van der Waals surface area contributed by atoms with E-state index in [-0.39, 0.29) is 12.4 Å². The number of benzene rings is 1. The van der Waals surface area contributed by atoms with E-state index in [1.54, 1.807) is 19.1 Å². The van der Waals surface area contributed by atoms with Gasteiger partial charge in [0.05, 0.1) is 6.61 Å². The Morgan fingerprint density at radius 3 is 2.56 bits per heavy atom. The average Bonchev–Trinajstić information content (AvgIpc) is 2.59. The molecule has 1 aromatic carbocycles. The van der Waals surface area contributed by atoms with Crippen molar-refractivity contribution >= 4 is 0 Å². The number of hydrogen-bond donors (Lipinski definition) is 1. The fraction of sp³-hybridized carbons (Fsp3) is 0.231. The van der Waals surface area contributed by atoms with E-state index in [0.29, 0.717) is 11.5 Å². The summed E-state index contributed by atoms with van der Waals surface area (Å²) in [4.78, 5) is 0. The Morgan fingerprint density at radius 1 is 1.25 bits per heavy atom. The summed E-state index contributed by atoms with van der Waals surface area (Å²) in [7, 11) is 0. The average molecular weight is 220 g/mol. The van der Waals surface area contributed by atoms with Crippen LogP contribution in [0.4, 0.5) is 4.39 Å². The maximum atomic E-state index is 12.9. The van der Waals surface area contributed by atoms with Crippen molar-refractivity contribution in [1.82, 2.24) is 0 Å². The van der Waals surface area contributed by atoms with Crippen LogP contribution >= 0.6 is 0 Å². The van der Waals surface area contributed by atoms with Crippen molar-refractivity contribution in [2.24, 2.45) is 0 Å². The molecule has 0 aliphatic carbocycles. The van der Waals surface area contributed by atoms with Gasteiger partial charge in [-0.15, -0.1) is 0 Å². The van der Waals surface area contributed by atoms with Crippen LogP contribution in [-0.2, 0) is 6.61 Å². The van der Waals surface area contributed by atoms with Gasteiger partial charge in [0.15, 0.2) is 0 Å². The highest BCUT2D eigenvalue weighted by atomic mass is 19.1.